The van der Waals surface area contributed by atoms with Gasteiger partial charge in [-0.1, -0.05) is 36.4 Å². The van der Waals surface area contributed by atoms with Gasteiger partial charge >= 0.3 is 17.9 Å². The SMILES string of the molecule is COC(=O)COCCOCC(C)=O.COC(=O)c1ccc(CCCc2ccc(C(C)=O)cc2)cc1.COCC(=O)OC. The van der Waals surface area contributed by atoms with Gasteiger partial charge in [0.1, 0.15) is 19.8 Å². The molecular weight excluding hydrogens is 548 g/mol. The number of ether oxygens (including phenoxy) is 6. The summed E-state index contributed by atoms with van der Waals surface area (Å²) in [5.74, 6) is -1.02. The molecule has 2 rings (SSSR count). The minimum absolute atomic E-state index is 0.0343. The van der Waals surface area contributed by atoms with Crippen LogP contribution in [0.2, 0.25) is 0 Å². The molecule has 0 saturated carbocycles. The van der Waals surface area contributed by atoms with Crippen LogP contribution in [0.15, 0.2) is 48.5 Å². The summed E-state index contributed by atoms with van der Waals surface area (Å²) in [6.45, 7) is 3.64. The zero-order chi connectivity index (χ0) is 31.8. The van der Waals surface area contributed by atoms with Crippen molar-refractivity contribution in [2.45, 2.75) is 33.1 Å². The van der Waals surface area contributed by atoms with Crippen molar-refractivity contribution in [3.05, 3.63) is 70.8 Å². The van der Waals surface area contributed by atoms with E-state index >= 15 is 0 Å². The van der Waals surface area contributed by atoms with Gasteiger partial charge in [0.15, 0.2) is 11.6 Å². The van der Waals surface area contributed by atoms with Crippen molar-refractivity contribution >= 4 is 29.5 Å². The summed E-state index contributed by atoms with van der Waals surface area (Å²) < 4.78 is 27.4. The van der Waals surface area contributed by atoms with Crippen molar-refractivity contribution in [3.63, 3.8) is 0 Å². The second-order valence-electron chi connectivity index (χ2n) is 8.69. The zero-order valence-electron chi connectivity index (χ0n) is 25.3. The Bertz CT molecular complexity index is 1080. The lowest BCUT2D eigenvalue weighted by molar-refractivity contribution is -0.146. The zero-order valence-corrected chi connectivity index (χ0v) is 25.3. The molecule has 0 atom stereocenters. The first-order valence-electron chi connectivity index (χ1n) is 13.1. The van der Waals surface area contributed by atoms with Crippen LogP contribution in [0, 0.1) is 0 Å². The third kappa shape index (κ3) is 19.2. The highest BCUT2D eigenvalue weighted by atomic mass is 16.6. The first-order valence-corrected chi connectivity index (χ1v) is 13.1. The van der Waals surface area contributed by atoms with Crippen molar-refractivity contribution in [2.24, 2.45) is 0 Å². The van der Waals surface area contributed by atoms with Crippen LogP contribution >= 0.6 is 0 Å². The fourth-order valence-corrected chi connectivity index (χ4v) is 3.05. The van der Waals surface area contributed by atoms with Gasteiger partial charge in [0.25, 0.3) is 0 Å². The van der Waals surface area contributed by atoms with Gasteiger partial charge in [0, 0.05) is 12.7 Å². The van der Waals surface area contributed by atoms with E-state index in [1.54, 1.807) is 19.1 Å². The van der Waals surface area contributed by atoms with Gasteiger partial charge in [-0.2, -0.15) is 0 Å². The molecule has 0 amide bonds. The van der Waals surface area contributed by atoms with Crippen molar-refractivity contribution in [2.75, 3.05) is 61.5 Å². The van der Waals surface area contributed by atoms with Crippen LogP contribution < -0.4 is 0 Å². The highest BCUT2D eigenvalue weighted by Gasteiger charge is 2.05. The summed E-state index contributed by atoms with van der Waals surface area (Å²) in [7, 11) is 5.43. The number of methoxy groups -OCH3 is 4. The Kier molecular flexibility index (Phi) is 21.5. The number of hydrogen-bond acceptors (Lipinski definition) is 11. The Hall–Kier alpha value is -3.93. The first-order chi connectivity index (χ1) is 20.1. The number of hydrogen-bond donors (Lipinski definition) is 0. The maximum Gasteiger partial charge on any atom is 0.337 e. The van der Waals surface area contributed by atoms with E-state index in [0.29, 0.717) is 12.2 Å². The molecule has 0 heterocycles. The highest BCUT2D eigenvalue weighted by Crippen LogP contribution is 2.12. The first kappa shape index (κ1) is 38.1. The van der Waals surface area contributed by atoms with Gasteiger partial charge in [-0.25, -0.2) is 14.4 Å². The van der Waals surface area contributed by atoms with Crippen LogP contribution in [0.25, 0.3) is 0 Å². The Morgan fingerprint density at radius 2 is 1.02 bits per heavy atom. The second kappa shape index (κ2) is 23.7. The van der Waals surface area contributed by atoms with Crippen LogP contribution in [0.4, 0.5) is 0 Å². The molecule has 11 heteroatoms. The molecule has 0 aromatic heterocycles. The summed E-state index contributed by atoms with van der Waals surface area (Å²) in [5.41, 5.74) is 3.76. The van der Waals surface area contributed by atoms with E-state index in [4.69, 9.17) is 9.47 Å². The fourth-order valence-electron chi connectivity index (χ4n) is 3.05. The molecule has 2 aromatic carbocycles. The Morgan fingerprint density at radius 3 is 1.40 bits per heavy atom. The lowest BCUT2D eigenvalue weighted by atomic mass is 10.0. The molecule has 11 nitrogen and oxygen atoms in total. The number of Topliss-reactive ketones (excluding diaryl/α,β-unsaturated/α-hetero) is 2. The van der Waals surface area contributed by atoms with E-state index in [-0.39, 0.29) is 49.9 Å². The molecule has 2 aromatic rings. The van der Waals surface area contributed by atoms with E-state index < -0.39 is 5.97 Å². The smallest absolute Gasteiger partial charge is 0.337 e. The van der Waals surface area contributed by atoms with Crippen LogP contribution in [-0.4, -0.2) is 90.9 Å². The van der Waals surface area contributed by atoms with Gasteiger partial charge < -0.3 is 28.4 Å². The van der Waals surface area contributed by atoms with Gasteiger partial charge in [-0.05, 0) is 56.4 Å². The van der Waals surface area contributed by atoms with E-state index in [1.165, 1.54) is 46.5 Å². The number of aryl methyl sites for hydroxylation is 2. The highest BCUT2D eigenvalue weighted by molar-refractivity contribution is 5.94. The topological polar surface area (TPSA) is 141 Å². The maximum atomic E-state index is 11.4. The molecule has 0 aliphatic rings. The summed E-state index contributed by atoms with van der Waals surface area (Å²) in [5, 5.41) is 0. The monoisotopic (exact) mass is 590 g/mol. The van der Waals surface area contributed by atoms with E-state index in [0.717, 1.165) is 24.8 Å². The molecule has 0 fully saturated rings. The molecule has 0 aliphatic heterocycles. The molecule has 0 unspecified atom stereocenters. The van der Waals surface area contributed by atoms with E-state index in [1.807, 2.05) is 36.4 Å². The number of carbonyl (C=O) groups is 5. The average molecular weight is 591 g/mol. The van der Waals surface area contributed by atoms with E-state index in [2.05, 4.69) is 18.9 Å². The maximum absolute atomic E-state index is 11.4. The van der Waals surface area contributed by atoms with Crippen LogP contribution in [0.1, 0.15) is 52.1 Å². The third-order valence-corrected chi connectivity index (χ3v) is 5.28. The standard InChI is InChI=1S/C19H20O3.C8H14O5.C4H8O3/c1-14(20)17-10-6-15(7-11-17)4-3-5-16-8-12-18(13-9-16)19(21)22-2;1-7(9)5-12-3-4-13-6-8(10)11-2;1-6-3-4(5)7-2/h6-13H,3-5H2,1-2H3;3-6H2,1-2H3;3H2,1-2H3. The van der Waals surface area contributed by atoms with Crippen molar-refractivity contribution in [3.8, 4) is 0 Å². The summed E-state index contributed by atoms with van der Waals surface area (Å²) in [6.07, 6.45) is 2.95. The molecule has 0 saturated heterocycles. The number of rotatable bonds is 15. The second-order valence-corrected chi connectivity index (χ2v) is 8.69. The summed E-state index contributed by atoms with van der Waals surface area (Å²) in [4.78, 5) is 53.5. The number of carbonyl (C=O) groups excluding carboxylic acids is 5. The predicted molar refractivity (Wildman–Crippen MR) is 154 cm³/mol. The van der Waals surface area contributed by atoms with E-state index in [9.17, 15) is 24.0 Å². The number of ketones is 2. The quantitative estimate of drug-likeness (QED) is 0.130. The Balaban J connectivity index is 0.000000711. The van der Waals surface area contributed by atoms with Gasteiger partial charge in [-0.3, -0.25) is 9.59 Å². The summed E-state index contributed by atoms with van der Waals surface area (Å²) in [6, 6.07) is 15.3. The molecular formula is C31H42O11. The fraction of sp³-hybridized carbons (Fsp3) is 0.452. The lowest BCUT2D eigenvalue weighted by Crippen LogP contribution is -2.14. The van der Waals surface area contributed by atoms with Crippen LogP contribution in [0.5, 0.6) is 0 Å². The average Bonchev–Trinajstić information content (AvgIpc) is 2.99. The van der Waals surface area contributed by atoms with Gasteiger partial charge in [0.2, 0.25) is 0 Å². The van der Waals surface area contributed by atoms with Gasteiger partial charge in [0.05, 0.1) is 40.1 Å². The third-order valence-electron chi connectivity index (χ3n) is 5.28. The normalized spacial score (nSPS) is 9.76. The predicted octanol–water partition coefficient (Wildman–Crippen LogP) is 3.44. The molecule has 0 bridgehead atoms. The molecule has 0 spiro atoms. The lowest BCUT2D eigenvalue weighted by Gasteiger charge is -2.05. The van der Waals surface area contributed by atoms with Crippen molar-refractivity contribution < 1.29 is 52.4 Å². The minimum Gasteiger partial charge on any atom is -0.467 e. The molecule has 0 aliphatic carbocycles. The Labute approximate surface area is 247 Å². The van der Waals surface area contributed by atoms with Crippen LogP contribution in [-0.2, 0) is 55.6 Å². The molecule has 0 radical (unpaired) electrons. The molecule has 42 heavy (non-hydrogen) atoms. The largest absolute Gasteiger partial charge is 0.467 e. The molecule has 232 valence electrons. The van der Waals surface area contributed by atoms with Gasteiger partial charge in [-0.15, -0.1) is 0 Å². The van der Waals surface area contributed by atoms with Crippen molar-refractivity contribution in [1.82, 2.24) is 0 Å². The molecule has 0 N–H and O–H groups in total. The summed E-state index contributed by atoms with van der Waals surface area (Å²) >= 11 is 0. The van der Waals surface area contributed by atoms with Crippen molar-refractivity contribution in [1.29, 1.82) is 0 Å². The number of esters is 3. The van der Waals surface area contributed by atoms with Crippen LogP contribution in [0.3, 0.4) is 0 Å². The Morgan fingerprint density at radius 1 is 0.571 bits per heavy atom. The number of benzene rings is 2. The minimum atomic E-state index is -0.424.